The van der Waals surface area contributed by atoms with Crippen LogP contribution in [-0.2, 0) is 9.53 Å². The molecule has 18 heavy (non-hydrogen) atoms. The quantitative estimate of drug-likeness (QED) is 0.559. The summed E-state index contributed by atoms with van der Waals surface area (Å²) in [5, 5.41) is 5.53. The van der Waals surface area contributed by atoms with Gasteiger partial charge in [0.15, 0.2) is 0 Å². The maximum atomic E-state index is 11.7. The molecule has 1 aromatic heterocycles. The molecule has 0 fully saturated rings. The third-order valence-corrected chi connectivity index (χ3v) is 2.06. The predicted octanol–water partition coefficient (Wildman–Crippen LogP) is -0.645. The van der Waals surface area contributed by atoms with E-state index in [0.717, 1.165) is 5.69 Å². The topological polar surface area (TPSA) is 106 Å². The minimum Gasteiger partial charge on any atom is -0.388 e. The zero-order valence-corrected chi connectivity index (χ0v) is 10.1. The Labute approximate surface area is 105 Å². The normalized spacial score (nSPS) is 9.83. The number of amides is 2. The van der Waals surface area contributed by atoms with Gasteiger partial charge in [0.05, 0.1) is 6.61 Å². The van der Waals surface area contributed by atoms with E-state index in [-0.39, 0.29) is 25.7 Å². The fraction of sp³-hybridized carbons (Fsp3) is 0.364. The lowest BCUT2D eigenvalue weighted by Crippen LogP contribution is -2.29. The van der Waals surface area contributed by atoms with Gasteiger partial charge in [-0.15, -0.1) is 0 Å². The second-order valence-corrected chi connectivity index (χ2v) is 3.45. The number of carbonyl (C=O) groups excluding carboxylic acids is 2. The highest BCUT2D eigenvalue weighted by molar-refractivity contribution is 5.93. The molecule has 0 saturated heterocycles. The molecule has 7 nitrogen and oxygen atoms in total. The van der Waals surface area contributed by atoms with Gasteiger partial charge in [0.2, 0.25) is 5.91 Å². The number of nitrogens with one attached hydrogen (secondary N) is 2. The largest absolute Gasteiger partial charge is 0.388 e. The van der Waals surface area contributed by atoms with Crippen LogP contribution in [0.3, 0.4) is 0 Å². The summed E-state index contributed by atoms with van der Waals surface area (Å²) in [7, 11) is 1.76. The highest BCUT2D eigenvalue weighted by atomic mass is 16.5. The first-order valence-electron chi connectivity index (χ1n) is 5.41. The van der Waals surface area contributed by atoms with Crippen LogP contribution in [0, 0.1) is 0 Å². The number of carbonyl (C=O) groups is 2. The molecule has 0 aromatic carbocycles. The molecule has 1 heterocycles. The number of rotatable bonds is 7. The fourth-order valence-electron chi connectivity index (χ4n) is 1.21. The van der Waals surface area contributed by atoms with Crippen molar-refractivity contribution in [3.63, 3.8) is 0 Å². The molecule has 0 atom stereocenters. The van der Waals surface area contributed by atoms with E-state index in [1.165, 1.54) is 0 Å². The van der Waals surface area contributed by atoms with Gasteiger partial charge in [-0.3, -0.25) is 14.6 Å². The third-order valence-electron chi connectivity index (χ3n) is 2.06. The Balaban J connectivity index is 2.33. The highest BCUT2D eigenvalue weighted by Gasteiger charge is 2.06. The number of ether oxygens (including phenoxy) is 1. The molecule has 98 valence electrons. The number of nitrogens with two attached hydrogens (primary N) is 1. The summed E-state index contributed by atoms with van der Waals surface area (Å²) in [5.41, 5.74) is 6.01. The molecule has 2 amide bonds. The smallest absolute Gasteiger partial charge is 0.270 e. The van der Waals surface area contributed by atoms with Gasteiger partial charge in [-0.2, -0.15) is 0 Å². The zero-order chi connectivity index (χ0) is 13.4. The molecule has 7 heteroatoms. The Morgan fingerprint density at radius 2 is 2.28 bits per heavy atom. The second-order valence-electron chi connectivity index (χ2n) is 3.45. The first-order valence-corrected chi connectivity index (χ1v) is 5.41. The van der Waals surface area contributed by atoms with Crippen molar-refractivity contribution in [2.24, 2.45) is 5.73 Å². The number of primary amides is 1. The number of hydrogen-bond donors (Lipinski definition) is 3. The fourth-order valence-corrected chi connectivity index (χ4v) is 1.21. The second kappa shape index (κ2) is 7.23. The molecule has 4 N–H and O–H groups in total. The van der Waals surface area contributed by atoms with Crippen LogP contribution in [0.1, 0.15) is 10.5 Å². The minimum absolute atomic E-state index is 0.149. The molecule has 0 aliphatic heterocycles. The Kier molecular flexibility index (Phi) is 5.59. The van der Waals surface area contributed by atoms with E-state index in [2.05, 4.69) is 15.6 Å². The number of anilines is 1. The average Bonchev–Trinajstić information content (AvgIpc) is 2.37. The van der Waals surface area contributed by atoms with Gasteiger partial charge in [-0.05, 0) is 12.1 Å². The highest BCUT2D eigenvalue weighted by Crippen LogP contribution is 2.06. The van der Waals surface area contributed by atoms with E-state index in [0.29, 0.717) is 5.69 Å². The molecule has 0 unspecified atom stereocenters. The predicted molar refractivity (Wildman–Crippen MR) is 66.1 cm³/mol. The average molecular weight is 252 g/mol. The summed E-state index contributed by atoms with van der Waals surface area (Å²) >= 11 is 0. The minimum atomic E-state index is -0.537. The van der Waals surface area contributed by atoms with Crippen molar-refractivity contribution in [3.8, 4) is 0 Å². The van der Waals surface area contributed by atoms with Crippen LogP contribution in [0.2, 0.25) is 0 Å². The molecule has 0 radical (unpaired) electrons. The number of nitrogens with zero attached hydrogens (tertiary/aromatic N) is 1. The molecule has 0 saturated carbocycles. The van der Waals surface area contributed by atoms with E-state index in [9.17, 15) is 9.59 Å². The summed E-state index contributed by atoms with van der Waals surface area (Å²) in [6.45, 7) is 0.362. The summed E-state index contributed by atoms with van der Waals surface area (Å²) in [5.74, 6) is -0.834. The lowest BCUT2D eigenvalue weighted by atomic mass is 10.3. The molecular weight excluding hydrogens is 236 g/mol. The molecule has 0 spiro atoms. The molecule has 1 aromatic rings. The molecule has 0 aliphatic carbocycles. The van der Waals surface area contributed by atoms with Crippen LogP contribution in [0.5, 0.6) is 0 Å². The summed E-state index contributed by atoms with van der Waals surface area (Å²) in [4.78, 5) is 26.0. The lowest BCUT2D eigenvalue weighted by molar-refractivity contribution is -0.122. The number of hydrogen-bond acceptors (Lipinski definition) is 5. The van der Waals surface area contributed by atoms with E-state index in [1.807, 2.05) is 0 Å². The van der Waals surface area contributed by atoms with Crippen LogP contribution in [0.25, 0.3) is 0 Å². The van der Waals surface area contributed by atoms with Crippen molar-refractivity contribution in [2.75, 3.05) is 32.1 Å². The van der Waals surface area contributed by atoms with Crippen LogP contribution in [-0.4, -0.2) is 43.6 Å². The molecular formula is C11H16N4O3. The summed E-state index contributed by atoms with van der Waals surface area (Å²) in [6, 6.07) is 3.40. The van der Waals surface area contributed by atoms with Crippen molar-refractivity contribution < 1.29 is 14.3 Å². The van der Waals surface area contributed by atoms with Gasteiger partial charge >= 0.3 is 0 Å². The number of pyridine rings is 1. The zero-order valence-electron chi connectivity index (χ0n) is 10.1. The first-order chi connectivity index (χ1) is 8.63. The Hall–Kier alpha value is -2.15. The van der Waals surface area contributed by atoms with Gasteiger partial charge in [0.1, 0.15) is 12.3 Å². The van der Waals surface area contributed by atoms with Gasteiger partial charge in [0.25, 0.3) is 5.91 Å². The monoisotopic (exact) mass is 252 g/mol. The van der Waals surface area contributed by atoms with Crippen molar-refractivity contribution in [1.82, 2.24) is 10.3 Å². The van der Waals surface area contributed by atoms with Crippen molar-refractivity contribution in [1.29, 1.82) is 0 Å². The maximum Gasteiger partial charge on any atom is 0.270 e. The van der Waals surface area contributed by atoms with Crippen LogP contribution in [0.15, 0.2) is 18.3 Å². The maximum absolute atomic E-state index is 11.7. The first kappa shape index (κ1) is 13.9. The van der Waals surface area contributed by atoms with E-state index >= 15 is 0 Å². The Morgan fingerprint density at radius 3 is 2.94 bits per heavy atom. The van der Waals surface area contributed by atoms with Gasteiger partial charge in [0, 0.05) is 25.5 Å². The standard InChI is InChI=1S/C11H16N4O3/c1-13-8-2-3-14-9(6-8)11(17)15-4-5-18-7-10(12)16/h2-3,6H,4-5,7H2,1H3,(H2,12,16)(H,13,14)(H,15,17). The number of aromatic nitrogens is 1. The molecule has 0 aliphatic rings. The van der Waals surface area contributed by atoms with Crippen LogP contribution < -0.4 is 16.4 Å². The van der Waals surface area contributed by atoms with E-state index in [4.69, 9.17) is 10.5 Å². The third kappa shape index (κ3) is 4.79. The van der Waals surface area contributed by atoms with E-state index in [1.54, 1.807) is 25.4 Å². The van der Waals surface area contributed by atoms with Crippen molar-refractivity contribution >= 4 is 17.5 Å². The van der Waals surface area contributed by atoms with Gasteiger partial charge < -0.3 is 21.1 Å². The Morgan fingerprint density at radius 1 is 1.50 bits per heavy atom. The SMILES string of the molecule is CNc1ccnc(C(=O)NCCOCC(N)=O)c1. The van der Waals surface area contributed by atoms with Crippen LogP contribution >= 0.6 is 0 Å². The van der Waals surface area contributed by atoms with Crippen molar-refractivity contribution in [2.45, 2.75) is 0 Å². The van der Waals surface area contributed by atoms with E-state index < -0.39 is 5.91 Å². The van der Waals surface area contributed by atoms with Gasteiger partial charge in [-0.1, -0.05) is 0 Å². The molecule has 1 rings (SSSR count). The Bertz CT molecular complexity index is 423. The molecule has 0 bridgehead atoms. The van der Waals surface area contributed by atoms with Crippen LogP contribution in [0.4, 0.5) is 5.69 Å². The van der Waals surface area contributed by atoms with Gasteiger partial charge in [-0.25, -0.2) is 0 Å². The lowest BCUT2D eigenvalue weighted by Gasteiger charge is -2.06. The summed E-state index contributed by atoms with van der Waals surface area (Å²) in [6.07, 6.45) is 1.55. The van der Waals surface area contributed by atoms with Crippen molar-refractivity contribution in [3.05, 3.63) is 24.0 Å². The summed E-state index contributed by atoms with van der Waals surface area (Å²) < 4.78 is 4.90.